The number of unbranched alkanes of at least 4 members (excludes halogenated alkanes) is 2. The number of nitrogens with one attached hydrogen (secondary N) is 1. The summed E-state index contributed by atoms with van der Waals surface area (Å²) in [5.74, 6) is -0.0798. The summed E-state index contributed by atoms with van der Waals surface area (Å²) in [6.07, 6.45) is 8.13. The molecule has 6 nitrogen and oxygen atoms in total. The molecule has 0 radical (unpaired) electrons. The van der Waals surface area contributed by atoms with Gasteiger partial charge in [-0.1, -0.05) is 12.5 Å². The molecule has 0 saturated heterocycles. The van der Waals surface area contributed by atoms with E-state index >= 15 is 0 Å². The predicted molar refractivity (Wildman–Crippen MR) is 90.0 cm³/mol. The van der Waals surface area contributed by atoms with Gasteiger partial charge in [0.25, 0.3) is 0 Å². The smallest absolute Gasteiger partial charge is 0.240 e. The molecule has 0 spiro atoms. The molecule has 0 bridgehead atoms. The number of nitrogens with zero attached hydrogens (tertiary/aromatic N) is 3. The third kappa shape index (κ3) is 5.75. The van der Waals surface area contributed by atoms with Gasteiger partial charge >= 0.3 is 0 Å². The fraction of sp³-hybridized carbons (Fsp3) is 0.333. The summed E-state index contributed by atoms with van der Waals surface area (Å²) >= 11 is 0. The van der Waals surface area contributed by atoms with Gasteiger partial charge in [0.15, 0.2) is 0 Å². The third-order valence-electron chi connectivity index (χ3n) is 3.00. The minimum absolute atomic E-state index is 0. The number of nitrogens with two attached hydrogens (primary N) is 1. The van der Waals surface area contributed by atoms with Crippen molar-refractivity contribution < 1.29 is 4.79 Å². The Balaban J connectivity index is 0.00000242. The van der Waals surface area contributed by atoms with Crippen molar-refractivity contribution >= 4 is 35.6 Å². The van der Waals surface area contributed by atoms with E-state index in [4.69, 9.17) is 5.73 Å². The average Bonchev–Trinajstić information content (AvgIpc) is 2.51. The molecule has 7 heteroatoms. The highest BCUT2D eigenvalue weighted by atomic mass is 35.5. The molecule has 0 atom stereocenters. The van der Waals surface area contributed by atoms with Crippen LogP contribution in [0, 0.1) is 0 Å². The van der Waals surface area contributed by atoms with Crippen LogP contribution in [0.5, 0.6) is 0 Å². The number of rotatable bonds is 7. The van der Waals surface area contributed by atoms with E-state index < -0.39 is 0 Å². The Labute approximate surface area is 135 Å². The third-order valence-corrected chi connectivity index (χ3v) is 3.00. The lowest BCUT2D eigenvalue weighted by Gasteiger charge is -2.00. The molecule has 0 unspecified atom stereocenters. The van der Waals surface area contributed by atoms with E-state index in [0.29, 0.717) is 13.0 Å². The van der Waals surface area contributed by atoms with E-state index in [2.05, 4.69) is 20.5 Å². The molecular weight excluding hydrogens is 302 g/mol. The van der Waals surface area contributed by atoms with E-state index in [1.165, 1.54) is 0 Å². The molecule has 1 aromatic carbocycles. The second kappa shape index (κ2) is 9.81. The summed E-state index contributed by atoms with van der Waals surface area (Å²) < 4.78 is 0. The van der Waals surface area contributed by atoms with Gasteiger partial charge in [0.2, 0.25) is 5.91 Å². The maximum Gasteiger partial charge on any atom is 0.240 e. The summed E-state index contributed by atoms with van der Waals surface area (Å²) in [6.45, 7) is 0.671. The summed E-state index contributed by atoms with van der Waals surface area (Å²) in [5, 5.41) is 3.95. The molecule has 0 aliphatic rings. The first-order chi connectivity index (χ1) is 10.3. The first-order valence-electron chi connectivity index (χ1n) is 7.02. The number of hydrazone groups is 1. The SMILES string of the molecule is Cl.NCCCCCC(=O)N/N=C/c1ccc2nccnc2c1. The Morgan fingerprint density at radius 1 is 1.18 bits per heavy atom. The molecule has 0 aliphatic carbocycles. The van der Waals surface area contributed by atoms with E-state index in [0.717, 1.165) is 35.9 Å². The highest BCUT2D eigenvalue weighted by Crippen LogP contribution is 2.09. The van der Waals surface area contributed by atoms with Crippen LogP contribution >= 0.6 is 12.4 Å². The number of halogens is 1. The number of carbonyl (C=O) groups is 1. The van der Waals surface area contributed by atoms with Crippen LogP contribution in [0.1, 0.15) is 31.2 Å². The second-order valence-electron chi connectivity index (χ2n) is 4.70. The molecule has 0 aliphatic heterocycles. The first-order valence-corrected chi connectivity index (χ1v) is 7.02. The number of carbonyl (C=O) groups excluding carboxylic acids is 1. The number of hydrogen-bond donors (Lipinski definition) is 2. The van der Waals surface area contributed by atoms with Crippen LogP contribution in [0.2, 0.25) is 0 Å². The van der Waals surface area contributed by atoms with Crippen LogP contribution in [0.15, 0.2) is 35.7 Å². The van der Waals surface area contributed by atoms with Crippen LogP contribution in [0.3, 0.4) is 0 Å². The molecule has 1 aromatic heterocycles. The average molecular weight is 322 g/mol. The van der Waals surface area contributed by atoms with Crippen molar-refractivity contribution in [1.82, 2.24) is 15.4 Å². The second-order valence-corrected chi connectivity index (χ2v) is 4.70. The van der Waals surface area contributed by atoms with Crippen molar-refractivity contribution in [3.8, 4) is 0 Å². The molecule has 1 heterocycles. The molecule has 2 aromatic rings. The molecule has 22 heavy (non-hydrogen) atoms. The predicted octanol–water partition coefficient (Wildman–Crippen LogP) is 2.02. The Hall–Kier alpha value is -2.05. The van der Waals surface area contributed by atoms with E-state index in [1.54, 1.807) is 18.6 Å². The maximum absolute atomic E-state index is 11.5. The molecule has 3 N–H and O–H groups in total. The highest BCUT2D eigenvalue weighted by molar-refractivity contribution is 5.87. The van der Waals surface area contributed by atoms with Gasteiger partial charge in [0, 0.05) is 18.8 Å². The van der Waals surface area contributed by atoms with Gasteiger partial charge in [-0.15, -0.1) is 12.4 Å². The van der Waals surface area contributed by atoms with Crippen molar-refractivity contribution in [2.75, 3.05) is 6.54 Å². The number of hydrogen-bond acceptors (Lipinski definition) is 5. The topological polar surface area (TPSA) is 93.3 Å². The van der Waals surface area contributed by atoms with E-state index in [9.17, 15) is 4.79 Å². The standard InChI is InChI=1S/C15H19N5O.ClH/c16-7-3-1-2-4-15(21)20-19-11-12-5-6-13-14(10-12)18-9-8-17-13;/h5-6,8-11H,1-4,7,16H2,(H,20,21);1H/b19-11+;. The minimum atomic E-state index is -0.0798. The van der Waals surface area contributed by atoms with Crippen LogP contribution in [0.25, 0.3) is 11.0 Å². The summed E-state index contributed by atoms with van der Waals surface area (Å²) in [4.78, 5) is 19.9. The number of amides is 1. The monoisotopic (exact) mass is 321 g/mol. The zero-order valence-electron chi connectivity index (χ0n) is 12.2. The van der Waals surface area contributed by atoms with E-state index in [-0.39, 0.29) is 18.3 Å². The lowest BCUT2D eigenvalue weighted by Crippen LogP contribution is -2.17. The van der Waals surface area contributed by atoms with Crippen LogP contribution in [-0.2, 0) is 4.79 Å². The van der Waals surface area contributed by atoms with Crippen molar-refractivity contribution in [3.63, 3.8) is 0 Å². The molecule has 1 amide bonds. The van der Waals surface area contributed by atoms with Gasteiger partial charge in [0.1, 0.15) is 0 Å². The Kier molecular flexibility index (Phi) is 8.03. The lowest BCUT2D eigenvalue weighted by atomic mass is 10.2. The quantitative estimate of drug-likeness (QED) is 0.463. The van der Waals surface area contributed by atoms with Gasteiger partial charge in [-0.3, -0.25) is 14.8 Å². The fourth-order valence-corrected chi connectivity index (χ4v) is 1.90. The van der Waals surface area contributed by atoms with Gasteiger partial charge in [-0.25, -0.2) is 5.43 Å². The van der Waals surface area contributed by atoms with Crippen molar-refractivity contribution in [2.45, 2.75) is 25.7 Å². The van der Waals surface area contributed by atoms with Crippen molar-refractivity contribution in [1.29, 1.82) is 0 Å². The van der Waals surface area contributed by atoms with Crippen molar-refractivity contribution in [3.05, 3.63) is 36.2 Å². The van der Waals surface area contributed by atoms with E-state index in [1.807, 2.05) is 18.2 Å². The summed E-state index contributed by atoms with van der Waals surface area (Å²) in [7, 11) is 0. The highest BCUT2D eigenvalue weighted by Gasteiger charge is 1.99. The van der Waals surface area contributed by atoms with Gasteiger partial charge in [-0.05, 0) is 37.1 Å². The molecule has 118 valence electrons. The fourth-order valence-electron chi connectivity index (χ4n) is 1.90. The van der Waals surface area contributed by atoms with Crippen LogP contribution in [-0.4, -0.2) is 28.6 Å². The molecule has 0 saturated carbocycles. The largest absolute Gasteiger partial charge is 0.330 e. The van der Waals surface area contributed by atoms with Crippen molar-refractivity contribution in [2.24, 2.45) is 10.8 Å². The minimum Gasteiger partial charge on any atom is -0.330 e. The number of aromatic nitrogens is 2. The Morgan fingerprint density at radius 2 is 1.95 bits per heavy atom. The number of fused-ring (bicyclic) bond motifs is 1. The molecule has 0 fully saturated rings. The van der Waals surface area contributed by atoms with Crippen LogP contribution in [0.4, 0.5) is 0 Å². The summed E-state index contributed by atoms with van der Waals surface area (Å²) in [5.41, 5.74) is 10.4. The maximum atomic E-state index is 11.5. The zero-order valence-corrected chi connectivity index (χ0v) is 13.1. The summed E-state index contributed by atoms with van der Waals surface area (Å²) in [6, 6.07) is 5.63. The zero-order chi connectivity index (χ0) is 14.9. The Bertz CT molecular complexity index is 632. The Morgan fingerprint density at radius 3 is 2.73 bits per heavy atom. The normalized spacial score (nSPS) is 10.6. The van der Waals surface area contributed by atoms with Gasteiger partial charge in [0.05, 0.1) is 17.2 Å². The molecule has 2 rings (SSSR count). The van der Waals surface area contributed by atoms with Crippen LogP contribution < -0.4 is 11.2 Å². The molecular formula is C15H20ClN5O. The van der Waals surface area contributed by atoms with Gasteiger partial charge in [-0.2, -0.15) is 5.10 Å². The first kappa shape index (κ1) is 18.0. The lowest BCUT2D eigenvalue weighted by molar-refractivity contribution is -0.121. The number of benzene rings is 1. The van der Waals surface area contributed by atoms with Gasteiger partial charge < -0.3 is 5.73 Å².